The van der Waals surface area contributed by atoms with Gasteiger partial charge in [-0.15, -0.1) is 0 Å². The molecule has 2 aromatic carbocycles. The number of phenolic OH excluding ortho intramolecular Hbond substituents is 3. The van der Waals surface area contributed by atoms with Crippen LogP contribution in [0.1, 0.15) is 13.8 Å². The van der Waals surface area contributed by atoms with E-state index in [1.165, 1.54) is 18.2 Å². The van der Waals surface area contributed by atoms with Gasteiger partial charge in [-0.2, -0.15) is 0 Å². The van der Waals surface area contributed by atoms with Crippen molar-refractivity contribution in [3.05, 3.63) is 46.6 Å². The lowest BCUT2D eigenvalue weighted by Crippen LogP contribution is -2.14. The molecular weight excluding hydrogens is 324 g/mol. The summed E-state index contributed by atoms with van der Waals surface area (Å²) in [5.41, 5.74) is 0.0448. The first-order chi connectivity index (χ1) is 11.9. The Bertz CT molecular complexity index is 970. The summed E-state index contributed by atoms with van der Waals surface area (Å²) in [6.07, 6.45) is 0. The molecule has 0 fully saturated rings. The van der Waals surface area contributed by atoms with Crippen molar-refractivity contribution >= 4 is 11.0 Å². The van der Waals surface area contributed by atoms with Crippen molar-refractivity contribution in [2.45, 2.75) is 13.8 Å². The summed E-state index contributed by atoms with van der Waals surface area (Å²) in [4.78, 5) is 12.9. The molecule has 0 radical (unpaired) electrons. The van der Waals surface area contributed by atoms with Gasteiger partial charge >= 0.3 is 0 Å². The smallest absolute Gasteiger partial charge is 0.239 e. The summed E-state index contributed by atoms with van der Waals surface area (Å²) < 4.78 is 11.4. The average Bonchev–Trinajstić information content (AvgIpc) is 2.53. The number of aromatic hydroxyl groups is 3. The van der Waals surface area contributed by atoms with Gasteiger partial charge in [0.05, 0.1) is 6.61 Å². The third kappa shape index (κ3) is 3.24. The van der Waals surface area contributed by atoms with E-state index >= 15 is 0 Å². The second-order valence-electron chi connectivity index (χ2n) is 6.18. The first-order valence-corrected chi connectivity index (χ1v) is 7.82. The molecule has 0 saturated carbocycles. The van der Waals surface area contributed by atoms with Crippen molar-refractivity contribution in [2.24, 2.45) is 5.92 Å². The molecule has 1 aromatic heterocycles. The van der Waals surface area contributed by atoms with E-state index < -0.39 is 5.43 Å². The largest absolute Gasteiger partial charge is 0.508 e. The van der Waals surface area contributed by atoms with Crippen molar-refractivity contribution in [3.8, 4) is 34.3 Å². The lowest BCUT2D eigenvalue weighted by atomic mass is 10.1. The molecule has 0 spiro atoms. The van der Waals surface area contributed by atoms with Gasteiger partial charge in [0, 0.05) is 17.7 Å². The first kappa shape index (κ1) is 16.7. The fourth-order valence-corrected chi connectivity index (χ4v) is 2.45. The molecular formula is C19H18O6. The number of benzene rings is 2. The molecule has 25 heavy (non-hydrogen) atoms. The molecule has 3 aromatic rings. The number of ether oxygens (including phenoxy) is 1. The van der Waals surface area contributed by atoms with Crippen LogP contribution in [0.3, 0.4) is 0 Å². The van der Waals surface area contributed by atoms with Crippen LogP contribution in [0.2, 0.25) is 0 Å². The molecule has 0 atom stereocenters. The summed E-state index contributed by atoms with van der Waals surface area (Å²) >= 11 is 0. The standard InChI is InChI=1S/C19H18O6/c1-10(2)9-24-19-17(23)16-14(22)7-13(21)8-15(16)25-18(19)11-3-5-12(20)6-4-11/h3-8,10,20-22H,9H2,1-2H3. The lowest BCUT2D eigenvalue weighted by Gasteiger charge is -2.13. The van der Waals surface area contributed by atoms with Crippen LogP contribution >= 0.6 is 0 Å². The quantitative estimate of drug-likeness (QED) is 0.670. The van der Waals surface area contributed by atoms with Gasteiger partial charge in [0.15, 0.2) is 5.76 Å². The maximum Gasteiger partial charge on any atom is 0.239 e. The summed E-state index contributed by atoms with van der Waals surface area (Å²) in [7, 11) is 0. The fraction of sp³-hybridized carbons (Fsp3) is 0.211. The number of rotatable bonds is 4. The second-order valence-corrected chi connectivity index (χ2v) is 6.18. The van der Waals surface area contributed by atoms with Crippen molar-refractivity contribution in [1.29, 1.82) is 0 Å². The predicted molar refractivity (Wildman–Crippen MR) is 93.2 cm³/mol. The molecule has 0 saturated heterocycles. The van der Waals surface area contributed by atoms with Crippen LogP contribution in [0.15, 0.2) is 45.6 Å². The van der Waals surface area contributed by atoms with Crippen LogP contribution in [0.25, 0.3) is 22.3 Å². The molecule has 6 heteroatoms. The summed E-state index contributed by atoms with van der Waals surface area (Å²) in [6, 6.07) is 8.43. The Morgan fingerprint density at radius 1 is 1.04 bits per heavy atom. The topological polar surface area (TPSA) is 100 Å². The van der Waals surface area contributed by atoms with E-state index in [1.54, 1.807) is 12.1 Å². The third-order valence-electron chi connectivity index (χ3n) is 3.61. The SMILES string of the molecule is CC(C)COc1c(-c2ccc(O)cc2)oc2cc(O)cc(O)c2c1=O. The van der Waals surface area contributed by atoms with Gasteiger partial charge in [-0.1, -0.05) is 13.8 Å². The molecule has 3 rings (SSSR count). The highest BCUT2D eigenvalue weighted by molar-refractivity contribution is 5.88. The Kier molecular flexibility index (Phi) is 4.27. The maximum absolute atomic E-state index is 12.9. The Balaban J connectivity index is 2.30. The Morgan fingerprint density at radius 2 is 1.72 bits per heavy atom. The van der Waals surface area contributed by atoms with Crippen LogP contribution < -0.4 is 10.2 Å². The number of fused-ring (bicyclic) bond motifs is 1. The van der Waals surface area contributed by atoms with E-state index in [0.29, 0.717) is 12.2 Å². The van der Waals surface area contributed by atoms with E-state index in [9.17, 15) is 20.1 Å². The summed E-state index contributed by atoms with van der Waals surface area (Å²) in [5, 5.41) is 29.1. The van der Waals surface area contributed by atoms with E-state index in [-0.39, 0.29) is 45.6 Å². The van der Waals surface area contributed by atoms with Crippen LogP contribution in [0.4, 0.5) is 0 Å². The van der Waals surface area contributed by atoms with E-state index in [2.05, 4.69) is 0 Å². The Morgan fingerprint density at radius 3 is 2.36 bits per heavy atom. The van der Waals surface area contributed by atoms with E-state index in [4.69, 9.17) is 9.15 Å². The fourth-order valence-electron chi connectivity index (χ4n) is 2.45. The zero-order chi connectivity index (χ0) is 18.1. The molecule has 0 aliphatic carbocycles. The molecule has 0 bridgehead atoms. The van der Waals surface area contributed by atoms with Crippen molar-refractivity contribution in [1.82, 2.24) is 0 Å². The molecule has 1 heterocycles. The van der Waals surface area contributed by atoms with Gasteiger partial charge in [0.1, 0.15) is 28.2 Å². The third-order valence-corrected chi connectivity index (χ3v) is 3.61. The van der Waals surface area contributed by atoms with E-state index in [0.717, 1.165) is 6.07 Å². The Hall–Kier alpha value is -3.15. The van der Waals surface area contributed by atoms with E-state index in [1.807, 2.05) is 13.8 Å². The van der Waals surface area contributed by atoms with Gasteiger partial charge < -0.3 is 24.5 Å². The molecule has 0 amide bonds. The molecule has 6 nitrogen and oxygen atoms in total. The summed E-state index contributed by atoms with van der Waals surface area (Å²) in [5.74, 6) is -0.199. The zero-order valence-electron chi connectivity index (χ0n) is 13.8. The van der Waals surface area contributed by atoms with Crippen LogP contribution in [0.5, 0.6) is 23.0 Å². The minimum Gasteiger partial charge on any atom is -0.508 e. The van der Waals surface area contributed by atoms with Crippen LogP contribution in [0, 0.1) is 5.92 Å². The number of hydrogen-bond acceptors (Lipinski definition) is 6. The molecule has 130 valence electrons. The number of hydrogen-bond donors (Lipinski definition) is 3. The molecule has 0 aliphatic heterocycles. The minimum atomic E-state index is -0.525. The average molecular weight is 342 g/mol. The number of phenols is 3. The van der Waals surface area contributed by atoms with Gasteiger partial charge in [0.25, 0.3) is 0 Å². The maximum atomic E-state index is 12.9. The monoisotopic (exact) mass is 342 g/mol. The van der Waals surface area contributed by atoms with Gasteiger partial charge in [-0.25, -0.2) is 0 Å². The van der Waals surface area contributed by atoms with Gasteiger partial charge in [-0.3, -0.25) is 4.79 Å². The second kappa shape index (κ2) is 6.39. The van der Waals surface area contributed by atoms with Crippen LogP contribution in [-0.2, 0) is 0 Å². The zero-order valence-corrected chi connectivity index (χ0v) is 13.8. The van der Waals surface area contributed by atoms with Gasteiger partial charge in [-0.05, 0) is 30.2 Å². The molecule has 3 N–H and O–H groups in total. The Labute approximate surface area is 143 Å². The highest BCUT2D eigenvalue weighted by Gasteiger charge is 2.21. The van der Waals surface area contributed by atoms with Crippen LogP contribution in [-0.4, -0.2) is 21.9 Å². The predicted octanol–water partition coefficient (Wildman–Crippen LogP) is 3.61. The lowest BCUT2D eigenvalue weighted by molar-refractivity contribution is 0.265. The molecule has 0 aliphatic rings. The minimum absolute atomic E-state index is 0.0205. The normalized spacial score (nSPS) is 11.2. The summed E-state index contributed by atoms with van der Waals surface area (Å²) in [6.45, 7) is 4.18. The highest BCUT2D eigenvalue weighted by Crippen LogP contribution is 2.36. The molecule has 0 unspecified atom stereocenters. The first-order valence-electron chi connectivity index (χ1n) is 7.82. The van der Waals surface area contributed by atoms with Crippen molar-refractivity contribution in [2.75, 3.05) is 6.61 Å². The van der Waals surface area contributed by atoms with Crippen molar-refractivity contribution in [3.63, 3.8) is 0 Å². The van der Waals surface area contributed by atoms with Crippen molar-refractivity contribution < 1.29 is 24.5 Å². The van der Waals surface area contributed by atoms with Gasteiger partial charge in [0.2, 0.25) is 11.2 Å². The highest BCUT2D eigenvalue weighted by atomic mass is 16.5.